The first-order valence-electron chi connectivity index (χ1n) is 5.71. The van der Waals surface area contributed by atoms with E-state index in [2.05, 4.69) is 26.9 Å². The van der Waals surface area contributed by atoms with Crippen LogP contribution in [0.25, 0.3) is 0 Å². The Labute approximate surface area is 112 Å². The molecule has 0 amide bonds. The average Bonchev–Trinajstić information content (AvgIpc) is 2.35. The van der Waals surface area contributed by atoms with E-state index in [4.69, 9.17) is 11.6 Å². The molecule has 1 rings (SSSR count). The lowest BCUT2D eigenvalue weighted by Crippen LogP contribution is -2.06. The zero-order valence-corrected chi connectivity index (χ0v) is 11.9. The van der Waals surface area contributed by atoms with Crippen LogP contribution in [0.4, 0.5) is 11.8 Å². The van der Waals surface area contributed by atoms with Crippen molar-refractivity contribution in [3.8, 4) is 0 Å². The molecule has 6 heteroatoms. The maximum atomic E-state index is 6.00. The van der Waals surface area contributed by atoms with Gasteiger partial charge in [-0.05, 0) is 24.9 Å². The summed E-state index contributed by atoms with van der Waals surface area (Å²) in [6.45, 7) is 0.897. The molecule has 0 spiro atoms. The van der Waals surface area contributed by atoms with Crippen molar-refractivity contribution in [1.82, 2.24) is 9.97 Å². The molecule has 4 nitrogen and oxygen atoms in total. The molecular formula is C11H19ClN4S. The van der Waals surface area contributed by atoms with Crippen LogP contribution >= 0.6 is 23.4 Å². The van der Waals surface area contributed by atoms with Crippen LogP contribution in [0.5, 0.6) is 0 Å². The topological polar surface area (TPSA) is 49.8 Å². The van der Waals surface area contributed by atoms with Gasteiger partial charge >= 0.3 is 0 Å². The molecule has 0 saturated carbocycles. The maximum absolute atomic E-state index is 6.00. The summed E-state index contributed by atoms with van der Waals surface area (Å²) in [7, 11) is 1.79. The lowest BCUT2D eigenvalue weighted by atomic mass is 10.2. The molecule has 0 radical (unpaired) electrons. The predicted octanol–water partition coefficient (Wildman–Crippen LogP) is 3.12. The summed E-state index contributed by atoms with van der Waals surface area (Å²) < 4.78 is 0. The fourth-order valence-electron chi connectivity index (χ4n) is 1.37. The number of aromatic nitrogens is 2. The molecule has 0 aliphatic rings. The number of rotatable bonds is 8. The van der Waals surface area contributed by atoms with Crippen LogP contribution in [-0.2, 0) is 0 Å². The Kier molecular flexibility index (Phi) is 7.12. The van der Waals surface area contributed by atoms with E-state index in [0.29, 0.717) is 16.8 Å². The number of nitrogens with zero attached hydrogens (tertiary/aromatic N) is 2. The smallest absolute Gasteiger partial charge is 0.224 e. The third-order valence-corrected chi connectivity index (χ3v) is 3.26. The van der Waals surface area contributed by atoms with Crippen molar-refractivity contribution in [3.05, 3.63) is 11.2 Å². The molecule has 1 aromatic heterocycles. The van der Waals surface area contributed by atoms with Gasteiger partial charge in [0, 0.05) is 13.6 Å². The van der Waals surface area contributed by atoms with Gasteiger partial charge in [-0.2, -0.15) is 16.7 Å². The van der Waals surface area contributed by atoms with Crippen molar-refractivity contribution in [2.24, 2.45) is 0 Å². The molecule has 17 heavy (non-hydrogen) atoms. The monoisotopic (exact) mass is 274 g/mol. The summed E-state index contributed by atoms with van der Waals surface area (Å²) >= 11 is 7.89. The van der Waals surface area contributed by atoms with E-state index in [0.717, 1.165) is 13.0 Å². The highest BCUT2D eigenvalue weighted by atomic mass is 35.5. The van der Waals surface area contributed by atoms with Gasteiger partial charge in [0.1, 0.15) is 10.8 Å². The van der Waals surface area contributed by atoms with Gasteiger partial charge in [-0.25, -0.2) is 4.98 Å². The van der Waals surface area contributed by atoms with Crippen LogP contribution in [-0.4, -0.2) is 35.6 Å². The highest BCUT2D eigenvalue weighted by molar-refractivity contribution is 7.98. The number of anilines is 2. The van der Waals surface area contributed by atoms with Gasteiger partial charge in [-0.15, -0.1) is 0 Å². The van der Waals surface area contributed by atoms with Gasteiger partial charge in [0.2, 0.25) is 5.95 Å². The third kappa shape index (κ3) is 5.46. The highest BCUT2D eigenvalue weighted by Crippen LogP contribution is 2.19. The fourth-order valence-corrected chi connectivity index (χ4v) is 2.02. The molecule has 0 fully saturated rings. The molecule has 2 N–H and O–H groups in total. The first-order valence-corrected chi connectivity index (χ1v) is 7.48. The maximum Gasteiger partial charge on any atom is 0.224 e. The minimum absolute atomic E-state index is 0.563. The van der Waals surface area contributed by atoms with E-state index in [-0.39, 0.29) is 0 Å². The number of unbranched alkanes of at least 4 members (excludes halogenated alkanes) is 2. The largest absolute Gasteiger partial charge is 0.369 e. The van der Waals surface area contributed by atoms with E-state index in [1.807, 2.05) is 11.8 Å². The summed E-state index contributed by atoms with van der Waals surface area (Å²) in [5, 5.41) is 6.69. The van der Waals surface area contributed by atoms with E-state index >= 15 is 0 Å². The van der Waals surface area contributed by atoms with Crippen LogP contribution in [0.15, 0.2) is 6.20 Å². The highest BCUT2D eigenvalue weighted by Gasteiger charge is 2.03. The molecule has 0 atom stereocenters. The summed E-state index contributed by atoms with van der Waals surface area (Å²) in [6.07, 6.45) is 7.38. The Bertz CT molecular complexity index is 335. The molecule has 96 valence electrons. The predicted molar refractivity (Wildman–Crippen MR) is 77.3 cm³/mol. The van der Waals surface area contributed by atoms with Crippen molar-refractivity contribution >= 4 is 35.1 Å². The summed E-state index contributed by atoms with van der Waals surface area (Å²) in [6, 6.07) is 0. The number of hydrogen-bond donors (Lipinski definition) is 2. The van der Waals surface area contributed by atoms with Crippen LogP contribution < -0.4 is 10.6 Å². The van der Waals surface area contributed by atoms with Crippen molar-refractivity contribution in [1.29, 1.82) is 0 Å². The normalized spacial score (nSPS) is 10.3. The summed E-state index contributed by atoms with van der Waals surface area (Å²) in [5.74, 6) is 2.52. The van der Waals surface area contributed by atoms with Crippen molar-refractivity contribution in [3.63, 3.8) is 0 Å². The van der Waals surface area contributed by atoms with Crippen LogP contribution in [0.2, 0.25) is 5.02 Å². The number of nitrogens with one attached hydrogen (secondary N) is 2. The molecule has 0 aromatic carbocycles. The van der Waals surface area contributed by atoms with Crippen LogP contribution in [0.1, 0.15) is 19.3 Å². The minimum Gasteiger partial charge on any atom is -0.369 e. The van der Waals surface area contributed by atoms with Crippen LogP contribution in [0, 0.1) is 0 Å². The second-order valence-corrected chi connectivity index (χ2v) is 5.01. The van der Waals surface area contributed by atoms with E-state index < -0.39 is 0 Å². The lowest BCUT2D eigenvalue weighted by Gasteiger charge is -2.08. The molecule has 0 bridgehead atoms. The van der Waals surface area contributed by atoms with Crippen molar-refractivity contribution < 1.29 is 0 Å². The molecule has 0 aliphatic carbocycles. The molecule has 0 aliphatic heterocycles. The van der Waals surface area contributed by atoms with Gasteiger partial charge in [-0.1, -0.05) is 18.0 Å². The van der Waals surface area contributed by atoms with E-state index in [1.165, 1.54) is 18.6 Å². The molecule has 0 saturated heterocycles. The second kappa shape index (κ2) is 8.42. The molecule has 1 aromatic rings. The zero-order valence-electron chi connectivity index (χ0n) is 10.3. The van der Waals surface area contributed by atoms with Crippen LogP contribution in [0.3, 0.4) is 0 Å². The minimum atomic E-state index is 0.563. The molecule has 1 heterocycles. The first-order chi connectivity index (χ1) is 8.27. The Morgan fingerprint density at radius 3 is 2.88 bits per heavy atom. The zero-order chi connectivity index (χ0) is 12.5. The Balaban J connectivity index is 2.30. The van der Waals surface area contributed by atoms with Gasteiger partial charge in [0.25, 0.3) is 0 Å². The number of hydrogen-bond acceptors (Lipinski definition) is 5. The van der Waals surface area contributed by atoms with Gasteiger partial charge in [0.05, 0.1) is 6.20 Å². The van der Waals surface area contributed by atoms with Gasteiger partial charge in [0.15, 0.2) is 0 Å². The third-order valence-electron chi connectivity index (χ3n) is 2.29. The molecular weight excluding hydrogens is 256 g/mol. The van der Waals surface area contributed by atoms with Gasteiger partial charge < -0.3 is 10.6 Å². The SMILES string of the molecule is CNc1ncc(Cl)c(NCCCCCSC)n1. The van der Waals surface area contributed by atoms with E-state index in [1.54, 1.807) is 13.2 Å². The standard InChI is InChI=1S/C11H19ClN4S/c1-13-11-15-8-9(12)10(16-11)14-6-4-3-5-7-17-2/h8H,3-7H2,1-2H3,(H2,13,14,15,16). The molecule has 0 unspecified atom stereocenters. The number of thioether (sulfide) groups is 1. The number of halogens is 1. The first kappa shape index (κ1) is 14.4. The summed E-state index contributed by atoms with van der Waals surface area (Å²) in [4.78, 5) is 8.28. The fraction of sp³-hybridized carbons (Fsp3) is 0.636. The quantitative estimate of drug-likeness (QED) is 0.714. The Morgan fingerprint density at radius 1 is 1.35 bits per heavy atom. The van der Waals surface area contributed by atoms with E-state index in [9.17, 15) is 0 Å². The van der Waals surface area contributed by atoms with Crippen molar-refractivity contribution in [2.75, 3.05) is 36.2 Å². The lowest BCUT2D eigenvalue weighted by molar-refractivity contribution is 0.748. The Hall–Kier alpha value is -0.680. The second-order valence-electron chi connectivity index (χ2n) is 3.62. The van der Waals surface area contributed by atoms with Crippen molar-refractivity contribution in [2.45, 2.75) is 19.3 Å². The Morgan fingerprint density at radius 2 is 2.18 bits per heavy atom. The average molecular weight is 275 g/mol. The summed E-state index contributed by atoms with van der Waals surface area (Å²) in [5.41, 5.74) is 0. The van der Waals surface area contributed by atoms with Gasteiger partial charge in [-0.3, -0.25) is 0 Å².